The number of allylic oxidation sites excluding steroid dienone is 2. The predicted molar refractivity (Wildman–Crippen MR) is 103 cm³/mol. The second kappa shape index (κ2) is 4.82. The molecule has 3 aromatic rings. The van der Waals surface area contributed by atoms with Gasteiger partial charge in [-0.25, -0.2) is 0 Å². The van der Waals surface area contributed by atoms with Crippen molar-refractivity contribution in [1.29, 1.82) is 0 Å². The molecule has 0 radical (unpaired) electrons. The van der Waals surface area contributed by atoms with Crippen LogP contribution in [-0.2, 0) is 0 Å². The minimum atomic E-state index is 1.33. The maximum atomic E-state index is 2.36. The van der Waals surface area contributed by atoms with Gasteiger partial charge >= 0.3 is 0 Å². The summed E-state index contributed by atoms with van der Waals surface area (Å²) in [5.41, 5.74) is 13.7. The Labute approximate surface area is 142 Å². The van der Waals surface area contributed by atoms with Gasteiger partial charge in [-0.3, -0.25) is 0 Å². The largest absolute Gasteiger partial charge is 0.0620 e. The van der Waals surface area contributed by atoms with Crippen molar-refractivity contribution in [2.75, 3.05) is 0 Å². The third-order valence-corrected chi connectivity index (χ3v) is 5.28. The van der Waals surface area contributed by atoms with E-state index in [9.17, 15) is 0 Å². The Morgan fingerprint density at radius 3 is 2.04 bits per heavy atom. The summed E-state index contributed by atoms with van der Waals surface area (Å²) in [5, 5.41) is 0. The van der Waals surface area contributed by atoms with Crippen LogP contribution < -0.4 is 0 Å². The lowest BCUT2D eigenvalue weighted by molar-refractivity contribution is 1.39. The van der Waals surface area contributed by atoms with Crippen molar-refractivity contribution in [2.24, 2.45) is 0 Å². The SMILES string of the molecule is Cc1ccccc1C1=C2C(=Cc3ccccc32)c2c(C)cccc21. The van der Waals surface area contributed by atoms with Crippen LogP contribution >= 0.6 is 0 Å². The van der Waals surface area contributed by atoms with Crippen molar-refractivity contribution in [3.63, 3.8) is 0 Å². The lowest BCUT2D eigenvalue weighted by atomic mass is 9.91. The molecule has 0 N–H and O–H groups in total. The maximum absolute atomic E-state index is 2.36. The zero-order chi connectivity index (χ0) is 16.3. The van der Waals surface area contributed by atoms with Crippen molar-refractivity contribution in [1.82, 2.24) is 0 Å². The molecule has 0 heteroatoms. The second-order valence-corrected chi connectivity index (χ2v) is 6.71. The molecule has 0 fully saturated rings. The van der Waals surface area contributed by atoms with E-state index in [0.717, 1.165) is 0 Å². The highest BCUT2D eigenvalue weighted by molar-refractivity contribution is 6.31. The van der Waals surface area contributed by atoms with Crippen LogP contribution in [0.25, 0.3) is 22.8 Å². The van der Waals surface area contributed by atoms with Gasteiger partial charge in [-0.15, -0.1) is 0 Å². The molecule has 0 heterocycles. The topological polar surface area (TPSA) is 0 Å². The summed E-state index contributed by atoms with van der Waals surface area (Å²) in [5.74, 6) is 0. The van der Waals surface area contributed by atoms with E-state index in [0.29, 0.717) is 0 Å². The standard InChI is InChI=1S/C24H18/c1-15-8-3-5-11-18(15)23-20-13-7-9-16(2)22(20)21-14-17-10-4-6-12-19(17)24(21)23/h3-14H,1-2H3. The molecule has 114 valence electrons. The Balaban J connectivity index is 1.93. The minimum Gasteiger partial charge on any atom is -0.0620 e. The third kappa shape index (κ3) is 1.68. The van der Waals surface area contributed by atoms with E-state index in [4.69, 9.17) is 0 Å². The number of aryl methyl sites for hydroxylation is 2. The first-order valence-corrected chi connectivity index (χ1v) is 8.48. The molecule has 0 nitrogen and oxygen atoms in total. The zero-order valence-electron chi connectivity index (χ0n) is 13.9. The van der Waals surface area contributed by atoms with E-state index in [-0.39, 0.29) is 0 Å². The molecule has 0 bridgehead atoms. The quantitative estimate of drug-likeness (QED) is 0.507. The first kappa shape index (κ1) is 13.6. The van der Waals surface area contributed by atoms with Crippen LogP contribution in [0.1, 0.15) is 38.9 Å². The van der Waals surface area contributed by atoms with Gasteiger partial charge in [0.15, 0.2) is 0 Å². The summed E-state index contributed by atoms with van der Waals surface area (Å²) in [6.07, 6.45) is 2.36. The molecule has 0 atom stereocenters. The van der Waals surface area contributed by atoms with Crippen LogP contribution in [0, 0.1) is 13.8 Å². The van der Waals surface area contributed by atoms with Crippen LogP contribution in [0.3, 0.4) is 0 Å². The molecular weight excluding hydrogens is 288 g/mol. The third-order valence-electron chi connectivity index (χ3n) is 5.28. The van der Waals surface area contributed by atoms with Crippen molar-refractivity contribution < 1.29 is 0 Å². The summed E-state index contributed by atoms with van der Waals surface area (Å²) in [4.78, 5) is 0. The van der Waals surface area contributed by atoms with Crippen molar-refractivity contribution in [2.45, 2.75) is 13.8 Å². The van der Waals surface area contributed by atoms with Crippen molar-refractivity contribution in [3.05, 3.63) is 106 Å². The average molecular weight is 306 g/mol. The van der Waals surface area contributed by atoms with Gasteiger partial charge in [-0.2, -0.15) is 0 Å². The fraction of sp³-hybridized carbons (Fsp3) is 0.0833. The van der Waals surface area contributed by atoms with Crippen LogP contribution in [0.2, 0.25) is 0 Å². The Hall–Kier alpha value is -2.86. The van der Waals surface area contributed by atoms with E-state index in [2.05, 4.69) is 86.7 Å². The van der Waals surface area contributed by atoms with E-state index in [1.54, 1.807) is 0 Å². The number of benzene rings is 3. The summed E-state index contributed by atoms with van der Waals surface area (Å²) in [7, 11) is 0. The fourth-order valence-corrected chi connectivity index (χ4v) is 4.19. The van der Waals surface area contributed by atoms with Gasteiger partial charge in [0, 0.05) is 0 Å². The zero-order valence-corrected chi connectivity index (χ0v) is 13.9. The Bertz CT molecular complexity index is 1060. The lowest BCUT2D eigenvalue weighted by Gasteiger charge is -2.12. The molecule has 0 unspecified atom stereocenters. The molecule has 2 aliphatic carbocycles. The molecular formula is C24H18. The van der Waals surface area contributed by atoms with Gasteiger partial charge in [-0.1, -0.05) is 66.7 Å². The van der Waals surface area contributed by atoms with Crippen LogP contribution in [0.15, 0.2) is 66.7 Å². The Kier molecular flexibility index (Phi) is 2.72. The highest BCUT2D eigenvalue weighted by Crippen LogP contribution is 2.55. The number of rotatable bonds is 1. The molecule has 0 amide bonds. The summed E-state index contributed by atoms with van der Waals surface area (Å²) in [6.45, 7) is 4.43. The highest BCUT2D eigenvalue weighted by Gasteiger charge is 2.33. The summed E-state index contributed by atoms with van der Waals surface area (Å²) >= 11 is 0. The first-order chi connectivity index (χ1) is 11.8. The van der Waals surface area contributed by atoms with Gasteiger partial charge in [-0.05, 0) is 75.6 Å². The molecule has 0 saturated carbocycles. The van der Waals surface area contributed by atoms with E-state index in [1.165, 1.54) is 55.7 Å². The predicted octanol–water partition coefficient (Wildman–Crippen LogP) is 6.13. The molecule has 0 saturated heterocycles. The molecule has 0 spiro atoms. The van der Waals surface area contributed by atoms with Crippen LogP contribution in [-0.4, -0.2) is 0 Å². The lowest BCUT2D eigenvalue weighted by Crippen LogP contribution is -1.93. The van der Waals surface area contributed by atoms with Crippen LogP contribution in [0.4, 0.5) is 0 Å². The van der Waals surface area contributed by atoms with E-state index in [1.807, 2.05) is 0 Å². The van der Waals surface area contributed by atoms with E-state index < -0.39 is 0 Å². The normalized spacial score (nSPS) is 14.3. The van der Waals surface area contributed by atoms with Gasteiger partial charge in [0.05, 0.1) is 0 Å². The maximum Gasteiger partial charge on any atom is -0.00139 e. The molecule has 2 aliphatic rings. The van der Waals surface area contributed by atoms with Gasteiger partial charge in [0.2, 0.25) is 0 Å². The monoisotopic (exact) mass is 306 g/mol. The van der Waals surface area contributed by atoms with Crippen LogP contribution in [0.5, 0.6) is 0 Å². The first-order valence-electron chi connectivity index (χ1n) is 8.48. The van der Waals surface area contributed by atoms with E-state index >= 15 is 0 Å². The van der Waals surface area contributed by atoms with Gasteiger partial charge in [0.25, 0.3) is 0 Å². The van der Waals surface area contributed by atoms with Gasteiger partial charge in [0.1, 0.15) is 0 Å². The molecule has 0 aliphatic heterocycles. The smallest absolute Gasteiger partial charge is 0.00139 e. The molecule has 5 rings (SSSR count). The van der Waals surface area contributed by atoms with Crippen molar-refractivity contribution >= 4 is 22.8 Å². The van der Waals surface area contributed by atoms with Gasteiger partial charge < -0.3 is 0 Å². The Morgan fingerprint density at radius 2 is 1.21 bits per heavy atom. The fourth-order valence-electron chi connectivity index (χ4n) is 4.19. The molecule has 0 aromatic heterocycles. The average Bonchev–Trinajstić information content (AvgIpc) is 3.10. The highest BCUT2D eigenvalue weighted by atomic mass is 14.4. The summed E-state index contributed by atoms with van der Waals surface area (Å²) < 4.78 is 0. The number of fused-ring (bicyclic) bond motifs is 5. The second-order valence-electron chi connectivity index (χ2n) is 6.71. The van der Waals surface area contributed by atoms with Crippen molar-refractivity contribution in [3.8, 4) is 0 Å². The minimum absolute atomic E-state index is 1.33. The summed E-state index contributed by atoms with van der Waals surface area (Å²) in [6, 6.07) is 24.2. The molecule has 24 heavy (non-hydrogen) atoms. The Morgan fingerprint density at radius 1 is 0.542 bits per heavy atom. The number of hydrogen-bond donors (Lipinski definition) is 0. The molecule has 3 aromatic carbocycles. The number of hydrogen-bond acceptors (Lipinski definition) is 0.